The van der Waals surface area contributed by atoms with Crippen molar-refractivity contribution in [3.05, 3.63) is 24.4 Å². The number of halogens is 3. The Labute approximate surface area is 210 Å². The number of nitrogen functional groups attached to an aromatic ring is 1. The number of nitrogens with two attached hydrogens (primary N) is 1. The van der Waals surface area contributed by atoms with Gasteiger partial charge in [0.25, 0.3) is 5.92 Å². The quantitative estimate of drug-likeness (QED) is 0.396. The first-order valence-electron chi connectivity index (χ1n) is 12.2. The van der Waals surface area contributed by atoms with Crippen molar-refractivity contribution >= 4 is 28.4 Å². The van der Waals surface area contributed by atoms with Crippen molar-refractivity contribution in [2.45, 2.75) is 37.8 Å². The van der Waals surface area contributed by atoms with E-state index in [2.05, 4.69) is 30.7 Å². The van der Waals surface area contributed by atoms with E-state index in [9.17, 15) is 13.2 Å². The lowest BCUT2D eigenvalue weighted by Crippen LogP contribution is -2.55. The smallest absolute Gasteiger partial charge is 0.260 e. The predicted molar refractivity (Wildman–Crippen MR) is 132 cm³/mol. The van der Waals surface area contributed by atoms with E-state index in [1.165, 1.54) is 0 Å². The number of hydrogen-bond donors (Lipinski definition) is 2. The van der Waals surface area contributed by atoms with Gasteiger partial charge in [-0.15, -0.1) is 10.2 Å². The van der Waals surface area contributed by atoms with Crippen molar-refractivity contribution in [2.75, 3.05) is 51.1 Å². The minimum atomic E-state index is -2.46. The van der Waals surface area contributed by atoms with Gasteiger partial charge in [0, 0.05) is 31.8 Å². The van der Waals surface area contributed by atoms with Gasteiger partial charge in [-0.25, -0.2) is 23.0 Å². The number of hydrogen-bond acceptors (Lipinski definition) is 9. The molecule has 0 bridgehead atoms. The van der Waals surface area contributed by atoms with Gasteiger partial charge in [-0.2, -0.15) is 4.98 Å². The second-order valence-corrected chi connectivity index (χ2v) is 9.11. The highest BCUT2D eigenvalue weighted by Gasteiger charge is 2.39. The van der Waals surface area contributed by atoms with Crippen LogP contribution in [0.4, 0.5) is 24.9 Å². The SMILES string of the molecule is CNc1nc(N)nn2ccc(-c3ccc4nnn(CCCF)c4n3)c12.FC1(F)CCCN(C2COC2)C1. The molecule has 0 saturated carbocycles. The molecule has 6 rings (SSSR count). The van der Waals surface area contributed by atoms with Crippen LogP contribution in [0.15, 0.2) is 24.4 Å². The molecule has 198 valence electrons. The Kier molecular flexibility index (Phi) is 7.11. The Morgan fingerprint density at radius 2 is 2.05 bits per heavy atom. The van der Waals surface area contributed by atoms with Crippen LogP contribution >= 0.6 is 0 Å². The maximum Gasteiger partial charge on any atom is 0.260 e. The Morgan fingerprint density at radius 1 is 1.22 bits per heavy atom. The predicted octanol–water partition coefficient (Wildman–Crippen LogP) is 2.64. The average Bonchev–Trinajstić information content (AvgIpc) is 3.44. The number of nitrogens with one attached hydrogen (secondary N) is 1. The molecular formula is C23H29F3N10O. The molecule has 4 aromatic heterocycles. The van der Waals surface area contributed by atoms with E-state index >= 15 is 0 Å². The number of fused-ring (bicyclic) bond motifs is 2. The van der Waals surface area contributed by atoms with Gasteiger partial charge in [0.05, 0.1) is 38.2 Å². The molecule has 3 N–H and O–H groups in total. The number of alkyl halides is 3. The lowest BCUT2D eigenvalue weighted by Gasteiger charge is -2.41. The highest BCUT2D eigenvalue weighted by atomic mass is 19.3. The lowest BCUT2D eigenvalue weighted by atomic mass is 10.0. The molecular weight excluding hydrogens is 489 g/mol. The van der Waals surface area contributed by atoms with Crippen LogP contribution in [0, 0.1) is 0 Å². The van der Waals surface area contributed by atoms with Gasteiger partial charge in [-0.05, 0) is 37.6 Å². The molecule has 0 atom stereocenters. The van der Waals surface area contributed by atoms with E-state index in [1.807, 2.05) is 23.1 Å². The first kappa shape index (κ1) is 25.1. The molecule has 11 nitrogen and oxygen atoms in total. The molecule has 0 aliphatic carbocycles. The maximum absolute atomic E-state index is 12.9. The number of rotatable bonds is 6. The molecule has 4 aromatic rings. The van der Waals surface area contributed by atoms with Crippen molar-refractivity contribution in [3.63, 3.8) is 0 Å². The first-order valence-corrected chi connectivity index (χ1v) is 12.2. The monoisotopic (exact) mass is 518 g/mol. The number of aryl methyl sites for hydroxylation is 1. The minimum absolute atomic E-state index is 0.0527. The standard InChI is InChI=1S/C15H16FN9.C8H13F2NO/c1-18-13-12-9(5-8-24(12)22-15(17)20-13)10-3-4-11-14(19-10)25(23-21-11)7-2-6-16;9-8(10)2-1-3-11(6-8)7-4-12-5-7/h3-5,8H,2,6-7H2,1H3,(H3,17,18,20,22);7H,1-6H2. The lowest BCUT2D eigenvalue weighted by molar-refractivity contribution is -0.126. The van der Waals surface area contributed by atoms with Crippen LogP contribution in [0.2, 0.25) is 0 Å². The van der Waals surface area contributed by atoms with E-state index in [-0.39, 0.29) is 25.0 Å². The Bertz CT molecular complexity index is 1370. The fourth-order valence-electron chi connectivity index (χ4n) is 4.53. The van der Waals surface area contributed by atoms with E-state index in [4.69, 9.17) is 10.5 Å². The zero-order valence-corrected chi connectivity index (χ0v) is 20.4. The average molecular weight is 519 g/mol. The van der Waals surface area contributed by atoms with Crippen molar-refractivity contribution in [2.24, 2.45) is 0 Å². The van der Waals surface area contributed by atoms with Gasteiger partial charge in [0.15, 0.2) is 11.5 Å². The van der Waals surface area contributed by atoms with Crippen molar-refractivity contribution in [1.82, 2.24) is 39.5 Å². The van der Waals surface area contributed by atoms with E-state index in [0.29, 0.717) is 49.6 Å². The third-order valence-electron chi connectivity index (χ3n) is 6.46. The van der Waals surface area contributed by atoms with Crippen LogP contribution in [0.25, 0.3) is 27.9 Å². The van der Waals surface area contributed by atoms with Gasteiger partial charge in [0.2, 0.25) is 5.95 Å². The highest BCUT2D eigenvalue weighted by molar-refractivity contribution is 5.89. The number of aromatic nitrogens is 7. The summed E-state index contributed by atoms with van der Waals surface area (Å²) in [5.41, 5.74) is 9.36. The molecule has 0 radical (unpaired) electrons. The number of nitrogens with zero attached hydrogens (tertiary/aromatic N) is 8. The fourth-order valence-corrected chi connectivity index (χ4v) is 4.53. The third kappa shape index (κ3) is 5.30. The number of ether oxygens (including phenoxy) is 1. The summed E-state index contributed by atoms with van der Waals surface area (Å²) in [7, 11) is 1.77. The second-order valence-electron chi connectivity index (χ2n) is 9.11. The van der Waals surface area contributed by atoms with Crippen LogP contribution in [0.5, 0.6) is 0 Å². The summed E-state index contributed by atoms with van der Waals surface area (Å²) in [5, 5.41) is 15.3. The number of pyridine rings is 1. The van der Waals surface area contributed by atoms with Crippen molar-refractivity contribution < 1.29 is 17.9 Å². The molecule has 2 aliphatic heterocycles. The second kappa shape index (κ2) is 10.5. The first-order chi connectivity index (χ1) is 17.9. The van der Waals surface area contributed by atoms with Crippen LogP contribution in [0.3, 0.4) is 0 Å². The topological polar surface area (TPSA) is 124 Å². The summed E-state index contributed by atoms with van der Waals surface area (Å²) < 4.78 is 46.5. The molecule has 6 heterocycles. The van der Waals surface area contributed by atoms with E-state index in [1.54, 1.807) is 22.4 Å². The molecule has 37 heavy (non-hydrogen) atoms. The summed E-state index contributed by atoms with van der Waals surface area (Å²) in [6, 6.07) is 5.86. The minimum Gasteiger partial charge on any atom is -0.378 e. The number of likely N-dealkylation sites (tertiary alicyclic amines) is 1. The number of piperidine rings is 1. The maximum atomic E-state index is 12.9. The normalized spacial score (nSPS) is 17.9. The van der Waals surface area contributed by atoms with Crippen molar-refractivity contribution in [1.29, 1.82) is 0 Å². The molecule has 2 saturated heterocycles. The molecule has 0 unspecified atom stereocenters. The third-order valence-corrected chi connectivity index (χ3v) is 6.46. The molecule has 0 aromatic carbocycles. The molecule has 14 heteroatoms. The van der Waals surface area contributed by atoms with E-state index in [0.717, 1.165) is 23.3 Å². The molecule has 0 amide bonds. The van der Waals surface area contributed by atoms with Crippen LogP contribution in [-0.2, 0) is 11.3 Å². The zero-order chi connectivity index (χ0) is 26.0. The summed E-state index contributed by atoms with van der Waals surface area (Å²) in [6.45, 7) is 2.04. The number of anilines is 2. The zero-order valence-electron chi connectivity index (χ0n) is 20.4. The molecule has 0 spiro atoms. The molecule has 2 aliphatic rings. The molecule has 2 fully saturated rings. The Balaban J connectivity index is 0.000000195. The van der Waals surface area contributed by atoms with Gasteiger partial charge < -0.3 is 15.8 Å². The van der Waals surface area contributed by atoms with Crippen LogP contribution in [-0.4, -0.2) is 91.5 Å². The van der Waals surface area contributed by atoms with Crippen LogP contribution < -0.4 is 11.1 Å². The Morgan fingerprint density at radius 3 is 2.76 bits per heavy atom. The Hall–Kier alpha value is -3.52. The summed E-state index contributed by atoms with van der Waals surface area (Å²) in [4.78, 5) is 10.7. The van der Waals surface area contributed by atoms with Gasteiger partial charge in [-0.1, -0.05) is 5.21 Å². The van der Waals surface area contributed by atoms with Gasteiger partial charge in [0.1, 0.15) is 11.0 Å². The largest absolute Gasteiger partial charge is 0.378 e. The fraction of sp³-hybridized carbons (Fsp3) is 0.522. The van der Waals surface area contributed by atoms with Gasteiger partial charge in [-0.3, -0.25) is 9.29 Å². The summed E-state index contributed by atoms with van der Waals surface area (Å²) in [6.07, 6.45) is 2.84. The van der Waals surface area contributed by atoms with E-state index < -0.39 is 12.6 Å². The van der Waals surface area contributed by atoms with Crippen molar-refractivity contribution in [3.8, 4) is 11.3 Å². The summed E-state index contributed by atoms with van der Waals surface area (Å²) >= 11 is 0. The van der Waals surface area contributed by atoms with Gasteiger partial charge >= 0.3 is 0 Å². The summed E-state index contributed by atoms with van der Waals surface area (Å²) in [5.74, 6) is -1.68. The van der Waals surface area contributed by atoms with Crippen LogP contribution in [0.1, 0.15) is 19.3 Å². The highest BCUT2D eigenvalue weighted by Crippen LogP contribution is 2.30.